The summed E-state index contributed by atoms with van der Waals surface area (Å²) in [7, 11) is 0. The van der Waals surface area contributed by atoms with Gasteiger partial charge in [0, 0.05) is 18.3 Å². The molecule has 1 atom stereocenters. The molecule has 0 fully saturated rings. The molecule has 0 saturated heterocycles. The number of carbonyl (C=O) groups excluding carboxylic acids is 1. The van der Waals surface area contributed by atoms with Crippen LogP contribution in [-0.4, -0.2) is 34.2 Å². The maximum Gasteiger partial charge on any atom is 0.327 e. The molecule has 0 saturated carbocycles. The molecule has 1 unspecified atom stereocenters. The largest absolute Gasteiger partial charge is 0.465 e. The molecule has 1 aromatic rings. The molecule has 0 bridgehead atoms. The lowest BCUT2D eigenvalue weighted by molar-refractivity contribution is -0.151. The standard InChI is InChI=1S/C14H25N3O2/c1-6-16-14(5,13(18)19-7-2)10-17-9-8-15-12(17)11(3)4/h8-9,11,16H,6-7,10H2,1-5H3. The van der Waals surface area contributed by atoms with Gasteiger partial charge in [0.05, 0.1) is 13.2 Å². The van der Waals surface area contributed by atoms with Gasteiger partial charge < -0.3 is 14.6 Å². The Kier molecular flexibility index (Phi) is 5.54. The van der Waals surface area contributed by atoms with Crippen LogP contribution in [0.5, 0.6) is 0 Å². The summed E-state index contributed by atoms with van der Waals surface area (Å²) in [4.78, 5) is 16.5. The zero-order chi connectivity index (χ0) is 14.5. The van der Waals surface area contributed by atoms with Gasteiger partial charge >= 0.3 is 5.97 Å². The van der Waals surface area contributed by atoms with Crippen molar-refractivity contribution < 1.29 is 9.53 Å². The van der Waals surface area contributed by atoms with Crippen LogP contribution in [0.3, 0.4) is 0 Å². The number of carbonyl (C=O) groups is 1. The fourth-order valence-electron chi connectivity index (χ4n) is 2.17. The van der Waals surface area contributed by atoms with Gasteiger partial charge in [0.15, 0.2) is 0 Å². The molecule has 5 nitrogen and oxygen atoms in total. The van der Waals surface area contributed by atoms with Crippen molar-refractivity contribution in [3.8, 4) is 0 Å². The normalized spacial score (nSPS) is 14.4. The van der Waals surface area contributed by atoms with Crippen molar-refractivity contribution in [2.24, 2.45) is 0 Å². The van der Waals surface area contributed by atoms with Gasteiger partial charge in [-0.25, -0.2) is 9.78 Å². The molecule has 0 amide bonds. The summed E-state index contributed by atoms with van der Waals surface area (Å²) in [5.74, 6) is 1.08. The molecule has 0 aliphatic heterocycles. The van der Waals surface area contributed by atoms with E-state index in [2.05, 4.69) is 24.1 Å². The van der Waals surface area contributed by atoms with E-state index in [1.54, 1.807) is 6.20 Å². The van der Waals surface area contributed by atoms with Crippen LogP contribution in [0, 0.1) is 0 Å². The van der Waals surface area contributed by atoms with Gasteiger partial charge in [-0.15, -0.1) is 0 Å². The van der Waals surface area contributed by atoms with Gasteiger partial charge in [-0.1, -0.05) is 20.8 Å². The lowest BCUT2D eigenvalue weighted by atomic mass is 10.0. The number of rotatable bonds is 7. The van der Waals surface area contributed by atoms with E-state index in [0.29, 0.717) is 25.6 Å². The van der Waals surface area contributed by atoms with Gasteiger partial charge in [0.1, 0.15) is 11.4 Å². The van der Waals surface area contributed by atoms with E-state index in [4.69, 9.17) is 4.74 Å². The summed E-state index contributed by atoms with van der Waals surface area (Å²) in [6.45, 7) is 11.5. The summed E-state index contributed by atoms with van der Waals surface area (Å²) >= 11 is 0. The predicted molar refractivity (Wildman–Crippen MR) is 75.0 cm³/mol. The third kappa shape index (κ3) is 3.80. The van der Waals surface area contributed by atoms with Crippen LogP contribution in [0.25, 0.3) is 0 Å². The van der Waals surface area contributed by atoms with Crippen LogP contribution in [0.1, 0.15) is 46.4 Å². The molecule has 108 valence electrons. The van der Waals surface area contributed by atoms with E-state index in [9.17, 15) is 4.79 Å². The lowest BCUT2D eigenvalue weighted by Gasteiger charge is -2.29. The summed E-state index contributed by atoms with van der Waals surface area (Å²) in [5, 5.41) is 3.22. The summed E-state index contributed by atoms with van der Waals surface area (Å²) < 4.78 is 7.19. The van der Waals surface area contributed by atoms with Crippen LogP contribution in [0.2, 0.25) is 0 Å². The van der Waals surface area contributed by atoms with E-state index < -0.39 is 5.54 Å². The highest BCUT2D eigenvalue weighted by molar-refractivity contribution is 5.80. The Hall–Kier alpha value is -1.36. The van der Waals surface area contributed by atoms with Gasteiger partial charge in [-0.05, 0) is 20.4 Å². The predicted octanol–water partition coefficient (Wildman–Crippen LogP) is 1.94. The molecule has 0 aliphatic carbocycles. The molecule has 0 spiro atoms. The number of nitrogens with one attached hydrogen (secondary N) is 1. The van der Waals surface area contributed by atoms with E-state index >= 15 is 0 Å². The van der Waals surface area contributed by atoms with Crippen molar-refractivity contribution in [1.82, 2.24) is 14.9 Å². The Morgan fingerprint density at radius 3 is 2.74 bits per heavy atom. The molecule has 5 heteroatoms. The van der Waals surface area contributed by atoms with E-state index in [1.807, 2.05) is 31.5 Å². The highest BCUT2D eigenvalue weighted by Crippen LogP contribution is 2.17. The van der Waals surface area contributed by atoms with Gasteiger partial charge in [0.2, 0.25) is 0 Å². The first-order valence-corrected chi connectivity index (χ1v) is 6.87. The number of esters is 1. The Morgan fingerprint density at radius 2 is 2.21 bits per heavy atom. The Morgan fingerprint density at radius 1 is 1.53 bits per heavy atom. The average molecular weight is 267 g/mol. The third-order valence-corrected chi connectivity index (χ3v) is 3.04. The zero-order valence-electron chi connectivity index (χ0n) is 12.6. The number of likely N-dealkylation sites (N-methyl/N-ethyl adjacent to an activating group) is 1. The Labute approximate surface area is 115 Å². The number of hydrogen-bond donors (Lipinski definition) is 1. The smallest absolute Gasteiger partial charge is 0.327 e. The molecule has 0 radical (unpaired) electrons. The minimum absolute atomic E-state index is 0.222. The molecule has 1 heterocycles. The third-order valence-electron chi connectivity index (χ3n) is 3.04. The molecule has 1 rings (SSSR count). The molecular weight excluding hydrogens is 242 g/mol. The minimum atomic E-state index is -0.727. The molecule has 19 heavy (non-hydrogen) atoms. The van der Waals surface area contributed by atoms with Crippen LogP contribution in [0.4, 0.5) is 0 Å². The number of hydrogen-bond acceptors (Lipinski definition) is 4. The van der Waals surface area contributed by atoms with Crippen molar-refractivity contribution in [2.75, 3.05) is 13.2 Å². The zero-order valence-corrected chi connectivity index (χ0v) is 12.6. The highest BCUT2D eigenvalue weighted by Gasteiger charge is 2.35. The van der Waals surface area contributed by atoms with E-state index in [0.717, 1.165) is 5.82 Å². The van der Waals surface area contributed by atoms with Crippen LogP contribution >= 0.6 is 0 Å². The number of imidazole rings is 1. The first-order valence-electron chi connectivity index (χ1n) is 6.87. The minimum Gasteiger partial charge on any atom is -0.465 e. The maximum absolute atomic E-state index is 12.1. The SMILES string of the molecule is CCNC(C)(Cn1ccnc1C(C)C)C(=O)OCC. The number of aromatic nitrogens is 2. The lowest BCUT2D eigenvalue weighted by Crippen LogP contribution is -2.53. The van der Waals surface area contributed by atoms with Crippen molar-refractivity contribution in [3.05, 3.63) is 18.2 Å². The fourth-order valence-corrected chi connectivity index (χ4v) is 2.17. The van der Waals surface area contributed by atoms with Gasteiger partial charge in [-0.2, -0.15) is 0 Å². The van der Waals surface area contributed by atoms with Crippen LogP contribution in [-0.2, 0) is 16.1 Å². The van der Waals surface area contributed by atoms with E-state index in [-0.39, 0.29) is 5.97 Å². The molecule has 1 aromatic heterocycles. The number of nitrogens with zero attached hydrogens (tertiary/aromatic N) is 2. The monoisotopic (exact) mass is 267 g/mol. The second-order valence-corrected chi connectivity index (χ2v) is 5.15. The summed E-state index contributed by atoms with van der Waals surface area (Å²) in [6, 6.07) is 0. The first-order chi connectivity index (χ1) is 8.94. The topological polar surface area (TPSA) is 56.2 Å². The van der Waals surface area contributed by atoms with Crippen LogP contribution < -0.4 is 5.32 Å². The van der Waals surface area contributed by atoms with Crippen LogP contribution in [0.15, 0.2) is 12.4 Å². The van der Waals surface area contributed by atoms with Crippen molar-refractivity contribution in [3.63, 3.8) is 0 Å². The second kappa shape index (κ2) is 6.70. The quantitative estimate of drug-likeness (QED) is 0.767. The molecule has 1 N–H and O–H groups in total. The van der Waals surface area contributed by atoms with Gasteiger partial charge in [0.25, 0.3) is 0 Å². The van der Waals surface area contributed by atoms with Crippen molar-refractivity contribution >= 4 is 5.97 Å². The average Bonchev–Trinajstić information content (AvgIpc) is 2.77. The number of ether oxygens (including phenoxy) is 1. The molecule has 0 aromatic carbocycles. The fraction of sp³-hybridized carbons (Fsp3) is 0.714. The highest BCUT2D eigenvalue weighted by atomic mass is 16.5. The van der Waals surface area contributed by atoms with Crippen molar-refractivity contribution in [1.29, 1.82) is 0 Å². The Bertz CT molecular complexity index is 415. The molecular formula is C14H25N3O2. The Balaban J connectivity index is 2.94. The molecule has 0 aliphatic rings. The van der Waals surface area contributed by atoms with Gasteiger partial charge in [-0.3, -0.25) is 0 Å². The first kappa shape index (κ1) is 15.7. The second-order valence-electron chi connectivity index (χ2n) is 5.15. The van der Waals surface area contributed by atoms with Crippen molar-refractivity contribution in [2.45, 2.75) is 52.6 Å². The summed E-state index contributed by atoms with van der Waals surface area (Å²) in [6.07, 6.45) is 3.68. The van der Waals surface area contributed by atoms with E-state index in [1.165, 1.54) is 0 Å². The summed E-state index contributed by atoms with van der Waals surface area (Å²) in [5.41, 5.74) is -0.727. The maximum atomic E-state index is 12.1.